The highest BCUT2D eigenvalue weighted by Crippen LogP contribution is 2.37. The molecule has 3 nitrogen and oxygen atoms in total. The standard InChI is InChI=1S/C22H42N2O/c1-7-10-13-16-22(6,17-14-11-8-2)24-19(5)20(21(25)23-24)18(4)15-12-9-3/h18H,7-17H2,1-6H3,(H,23,25). The molecule has 0 aliphatic carbocycles. The van der Waals surface area contributed by atoms with Crippen LogP contribution in [0.25, 0.3) is 0 Å². The summed E-state index contributed by atoms with van der Waals surface area (Å²) in [4.78, 5) is 0. The van der Waals surface area contributed by atoms with Gasteiger partial charge in [0.05, 0.1) is 5.54 Å². The molecular formula is C22H42N2O. The van der Waals surface area contributed by atoms with Crippen LogP contribution in [-0.2, 0) is 5.54 Å². The highest BCUT2D eigenvalue weighted by atomic mass is 16.3. The van der Waals surface area contributed by atoms with Crippen LogP contribution in [0.3, 0.4) is 0 Å². The SMILES string of the molecule is CCCCCC(C)(CCCCC)n1nc(O)c(C(C)CCCC)c1C. The van der Waals surface area contributed by atoms with E-state index in [0.29, 0.717) is 5.92 Å². The minimum Gasteiger partial charge on any atom is -0.492 e. The Bertz CT molecular complexity index is 482. The molecule has 0 aromatic carbocycles. The summed E-state index contributed by atoms with van der Waals surface area (Å²) in [6.07, 6.45) is 13.3. The second kappa shape index (κ2) is 10.9. The van der Waals surface area contributed by atoms with Gasteiger partial charge in [0.1, 0.15) is 0 Å². The molecule has 0 bridgehead atoms. The minimum atomic E-state index is 0.0225. The van der Waals surface area contributed by atoms with E-state index in [1.165, 1.54) is 57.1 Å². The molecule has 1 aromatic rings. The average molecular weight is 351 g/mol. The first-order chi connectivity index (χ1) is 11.9. The van der Waals surface area contributed by atoms with Crippen molar-refractivity contribution in [1.29, 1.82) is 0 Å². The van der Waals surface area contributed by atoms with Gasteiger partial charge in [-0.2, -0.15) is 0 Å². The van der Waals surface area contributed by atoms with E-state index in [-0.39, 0.29) is 11.4 Å². The number of unbranched alkanes of at least 4 members (excludes halogenated alkanes) is 5. The first-order valence-corrected chi connectivity index (χ1v) is 10.7. The Hall–Kier alpha value is -0.990. The Morgan fingerprint density at radius 2 is 1.48 bits per heavy atom. The van der Waals surface area contributed by atoms with Gasteiger partial charge in [-0.3, -0.25) is 4.68 Å². The summed E-state index contributed by atoms with van der Waals surface area (Å²) in [7, 11) is 0. The third-order valence-corrected chi connectivity index (χ3v) is 5.78. The fraction of sp³-hybridized carbons (Fsp3) is 0.864. The molecule has 1 atom stereocenters. The number of rotatable bonds is 13. The van der Waals surface area contributed by atoms with E-state index in [1.807, 2.05) is 0 Å². The van der Waals surface area contributed by atoms with Gasteiger partial charge in [-0.25, -0.2) is 0 Å². The van der Waals surface area contributed by atoms with Crippen LogP contribution in [0.4, 0.5) is 0 Å². The Kier molecular flexibility index (Phi) is 9.60. The molecular weight excluding hydrogens is 308 g/mol. The highest BCUT2D eigenvalue weighted by Gasteiger charge is 2.31. The molecule has 3 heteroatoms. The van der Waals surface area contributed by atoms with Gasteiger partial charge in [-0.15, -0.1) is 5.10 Å². The topological polar surface area (TPSA) is 38.0 Å². The van der Waals surface area contributed by atoms with Crippen LogP contribution >= 0.6 is 0 Å². The first-order valence-electron chi connectivity index (χ1n) is 10.7. The van der Waals surface area contributed by atoms with E-state index in [2.05, 4.69) is 51.3 Å². The van der Waals surface area contributed by atoms with E-state index in [0.717, 1.165) is 24.8 Å². The zero-order chi connectivity index (χ0) is 18.9. The van der Waals surface area contributed by atoms with Crippen molar-refractivity contribution in [2.24, 2.45) is 0 Å². The Morgan fingerprint density at radius 3 is 1.96 bits per heavy atom. The molecule has 0 saturated heterocycles. The molecule has 0 radical (unpaired) electrons. The summed E-state index contributed by atoms with van der Waals surface area (Å²) in [5, 5.41) is 15.2. The van der Waals surface area contributed by atoms with E-state index >= 15 is 0 Å². The predicted octanol–water partition coefficient (Wildman–Crippen LogP) is 7.07. The molecule has 25 heavy (non-hydrogen) atoms. The fourth-order valence-electron chi connectivity index (χ4n) is 4.11. The number of hydrogen-bond acceptors (Lipinski definition) is 2. The molecule has 0 amide bonds. The third kappa shape index (κ3) is 6.04. The number of aromatic nitrogens is 2. The van der Waals surface area contributed by atoms with Crippen molar-refractivity contribution in [2.45, 2.75) is 124 Å². The molecule has 1 unspecified atom stereocenters. The number of nitrogens with zero attached hydrogens (tertiary/aromatic N) is 2. The molecule has 1 heterocycles. The van der Waals surface area contributed by atoms with E-state index in [1.54, 1.807) is 0 Å². The Balaban J connectivity index is 3.07. The van der Waals surface area contributed by atoms with Crippen molar-refractivity contribution >= 4 is 0 Å². The Labute approximate surface area is 156 Å². The molecule has 0 aliphatic heterocycles. The molecule has 1 N–H and O–H groups in total. The van der Waals surface area contributed by atoms with Gasteiger partial charge in [0.2, 0.25) is 5.88 Å². The van der Waals surface area contributed by atoms with Crippen molar-refractivity contribution in [2.75, 3.05) is 0 Å². The van der Waals surface area contributed by atoms with E-state index < -0.39 is 0 Å². The number of hydrogen-bond donors (Lipinski definition) is 1. The quantitative estimate of drug-likeness (QED) is 0.386. The van der Waals surface area contributed by atoms with E-state index in [4.69, 9.17) is 0 Å². The maximum absolute atomic E-state index is 10.6. The zero-order valence-corrected chi connectivity index (χ0v) is 17.7. The second-order valence-corrected chi connectivity index (χ2v) is 8.19. The van der Waals surface area contributed by atoms with Gasteiger partial charge in [-0.1, -0.05) is 79.1 Å². The van der Waals surface area contributed by atoms with E-state index in [9.17, 15) is 5.11 Å². The predicted molar refractivity (Wildman–Crippen MR) is 109 cm³/mol. The highest BCUT2D eigenvalue weighted by molar-refractivity contribution is 5.33. The smallest absolute Gasteiger partial charge is 0.234 e. The largest absolute Gasteiger partial charge is 0.492 e. The van der Waals surface area contributed by atoms with Crippen LogP contribution < -0.4 is 0 Å². The summed E-state index contributed by atoms with van der Waals surface area (Å²) in [6, 6.07) is 0. The van der Waals surface area contributed by atoms with Gasteiger partial charge in [-0.05, 0) is 39.0 Å². The molecule has 1 rings (SSSR count). The van der Waals surface area contributed by atoms with Crippen LogP contribution in [0.1, 0.15) is 122 Å². The summed E-state index contributed by atoms with van der Waals surface area (Å²) in [5.41, 5.74) is 2.27. The molecule has 1 aromatic heterocycles. The van der Waals surface area contributed by atoms with Gasteiger partial charge >= 0.3 is 0 Å². The maximum atomic E-state index is 10.6. The van der Waals surface area contributed by atoms with Crippen LogP contribution in [0.15, 0.2) is 0 Å². The molecule has 0 saturated carbocycles. The monoisotopic (exact) mass is 350 g/mol. The van der Waals surface area contributed by atoms with Gasteiger partial charge in [0, 0.05) is 11.3 Å². The average Bonchev–Trinajstić information content (AvgIpc) is 2.88. The molecule has 0 spiro atoms. The third-order valence-electron chi connectivity index (χ3n) is 5.78. The summed E-state index contributed by atoms with van der Waals surface area (Å²) in [6.45, 7) is 13.5. The molecule has 0 fully saturated rings. The molecule has 146 valence electrons. The lowest BCUT2D eigenvalue weighted by Gasteiger charge is -2.32. The first kappa shape index (κ1) is 22.1. The van der Waals surface area contributed by atoms with Crippen LogP contribution in [-0.4, -0.2) is 14.9 Å². The maximum Gasteiger partial charge on any atom is 0.234 e. The summed E-state index contributed by atoms with van der Waals surface area (Å²) >= 11 is 0. The van der Waals surface area contributed by atoms with Crippen LogP contribution in [0.5, 0.6) is 5.88 Å². The van der Waals surface area contributed by atoms with Crippen LogP contribution in [0.2, 0.25) is 0 Å². The lowest BCUT2D eigenvalue weighted by Crippen LogP contribution is -2.32. The van der Waals surface area contributed by atoms with Crippen molar-refractivity contribution < 1.29 is 5.11 Å². The normalized spacial score (nSPS) is 13.4. The van der Waals surface area contributed by atoms with Gasteiger partial charge in [0.25, 0.3) is 0 Å². The summed E-state index contributed by atoms with van der Waals surface area (Å²) < 4.78 is 2.17. The fourth-order valence-corrected chi connectivity index (χ4v) is 4.11. The Morgan fingerprint density at radius 1 is 0.960 bits per heavy atom. The molecule has 0 aliphatic rings. The lowest BCUT2D eigenvalue weighted by molar-refractivity contribution is 0.219. The second-order valence-electron chi connectivity index (χ2n) is 8.19. The summed E-state index contributed by atoms with van der Waals surface area (Å²) in [5.74, 6) is 0.641. The van der Waals surface area contributed by atoms with Crippen molar-refractivity contribution in [3.8, 4) is 5.88 Å². The van der Waals surface area contributed by atoms with Crippen molar-refractivity contribution in [3.63, 3.8) is 0 Å². The van der Waals surface area contributed by atoms with Gasteiger partial charge in [0.15, 0.2) is 0 Å². The van der Waals surface area contributed by atoms with Crippen molar-refractivity contribution in [3.05, 3.63) is 11.3 Å². The van der Waals surface area contributed by atoms with Crippen LogP contribution in [0, 0.1) is 6.92 Å². The zero-order valence-electron chi connectivity index (χ0n) is 17.7. The number of aromatic hydroxyl groups is 1. The van der Waals surface area contributed by atoms with Gasteiger partial charge < -0.3 is 5.11 Å². The lowest BCUT2D eigenvalue weighted by atomic mass is 9.87. The minimum absolute atomic E-state index is 0.0225. The van der Waals surface area contributed by atoms with Crippen molar-refractivity contribution in [1.82, 2.24) is 9.78 Å².